The van der Waals surface area contributed by atoms with Gasteiger partial charge in [0.1, 0.15) is 6.04 Å². The van der Waals surface area contributed by atoms with Gasteiger partial charge in [0.2, 0.25) is 10.0 Å². The first-order valence-electron chi connectivity index (χ1n) is 9.46. The molecule has 0 radical (unpaired) electrons. The van der Waals surface area contributed by atoms with E-state index in [1.807, 2.05) is 11.5 Å². The van der Waals surface area contributed by atoms with Crippen LogP contribution in [-0.4, -0.2) is 55.3 Å². The first-order chi connectivity index (χ1) is 13.2. The van der Waals surface area contributed by atoms with Crippen LogP contribution in [0.25, 0.3) is 10.2 Å². The van der Waals surface area contributed by atoms with E-state index in [4.69, 9.17) is 4.74 Å². The summed E-state index contributed by atoms with van der Waals surface area (Å²) in [6.07, 6.45) is 2.33. The number of rotatable bonds is 6. The molecule has 0 spiro atoms. The lowest BCUT2D eigenvalue weighted by Gasteiger charge is -2.18. The number of thiazole rings is 1. The molecule has 2 heterocycles. The Morgan fingerprint density at radius 2 is 2.04 bits per heavy atom. The van der Waals surface area contributed by atoms with Gasteiger partial charge in [0, 0.05) is 19.7 Å². The van der Waals surface area contributed by atoms with E-state index in [-0.39, 0.29) is 0 Å². The monoisotopic (exact) mass is 425 g/mol. The van der Waals surface area contributed by atoms with Crippen molar-refractivity contribution in [3.05, 3.63) is 28.1 Å². The van der Waals surface area contributed by atoms with Crippen LogP contribution >= 0.6 is 11.3 Å². The van der Waals surface area contributed by atoms with E-state index in [1.165, 1.54) is 26.8 Å². The number of carbonyl (C=O) groups is 1. The highest BCUT2D eigenvalue weighted by Gasteiger charge is 2.36. The molecule has 0 bridgehead atoms. The van der Waals surface area contributed by atoms with Crippen LogP contribution < -0.4 is 4.80 Å². The van der Waals surface area contributed by atoms with Crippen molar-refractivity contribution in [1.29, 1.82) is 0 Å². The standard InChI is InChI=1S/C19H27N3O4S2/c1-5-26-10-9-21-16-11-13(2)14(3)12-17(16)27-19(21)20-18(23)15-7-6-8-22(15)28(4,24)25/h11-12,15H,5-10H2,1-4H3. The smallest absolute Gasteiger partial charge is 0.266 e. The van der Waals surface area contributed by atoms with Crippen molar-refractivity contribution in [3.63, 3.8) is 0 Å². The summed E-state index contributed by atoms with van der Waals surface area (Å²) < 4.78 is 33.8. The Morgan fingerprint density at radius 3 is 2.71 bits per heavy atom. The fraction of sp³-hybridized carbons (Fsp3) is 0.579. The Kier molecular flexibility index (Phi) is 6.38. The van der Waals surface area contributed by atoms with Gasteiger partial charge in [-0.3, -0.25) is 4.79 Å². The first kappa shape index (κ1) is 21.2. The lowest BCUT2D eigenvalue weighted by atomic mass is 10.1. The molecule has 1 amide bonds. The highest BCUT2D eigenvalue weighted by atomic mass is 32.2. The second-order valence-corrected chi connectivity index (χ2v) is 10.1. The highest BCUT2D eigenvalue weighted by molar-refractivity contribution is 7.88. The van der Waals surface area contributed by atoms with Crippen LogP contribution in [0, 0.1) is 13.8 Å². The fourth-order valence-corrected chi connectivity index (χ4v) is 5.74. The number of sulfonamides is 1. The van der Waals surface area contributed by atoms with Gasteiger partial charge >= 0.3 is 0 Å². The Bertz CT molecular complexity index is 1050. The first-order valence-corrected chi connectivity index (χ1v) is 12.1. The SMILES string of the molecule is CCOCCn1c(=NC(=O)C2CCCN2S(C)(=O)=O)sc2cc(C)c(C)cc21. The normalized spacial score (nSPS) is 19.0. The van der Waals surface area contributed by atoms with Crippen LogP contribution in [-0.2, 0) is 26.1 Å². The number of ether oxygens (including phenoxy) is 1. The second kappa shape index (κ2) is 8.44. The molecular formula is C19H27N3O4S2. The van der Waals surface area contributed by atoms with Crippen molar-refractivity contribution >= 4 is 37.5 Å². The third-order valence-electron chi connectivity index (χ3n) is 5.08. The van der Waals surface area contributed by atoms with Crippen molar-refractivity contribution in [2.24, 2.45) is 4.99 Å². The maximum atomic E-state index is 12.9. The van der Waals surface area contributed by atoms with E-state index in [9.17, 15) is 13.2 Å². The highest BCUT2D eigenvalue weighted by Crippen LogP contribution is 2.23. The van der Waals surface area contributed by atoms with Crippen molar-refractivity contribution < 1.29 is 17.9 Å². The molecule has 9 heteroatoms. The average Bonchev–Trinajstić information content (AvgIpc) is 3.22. The zero-order valence-electron chi connectivity index (χ0n) is 16.8. The van der Waals surface area contributed by atoms with Crippen LogP contribution in [0.1, 0.15) is 30.9 Å². The number of fused-ring (bicyclic) bond motifs is 1. The summed E-state index contributed by atoms with van der Waals surface area (Å²) in [4.78, 5) is 17.8. The third-order valence-corrected chi connectivity index (χ3v) is 7.41. The molecule has 154 valence electrons. The van der Waals surface area contributed by atoms with E-state index in [0.29, 0.717) is 43.9 Å². The van der Waals surface area contributed by atoms with Gasteiger partial charge in [-0.2, -0.15) is 9.30 Å². The van der Waals surface area contributed by atoms with E-state index in [2.05, 4.69) is 31.0 Å². The molecule has 0 N–H and O–H groups in total. The molecule has 28 heavy (non-hydrogen) atoms. The zero-order chi connectivity index (χ0) is 20.5. The lowest BCUT2D eigenvalue weighted by molar-refractivity contribution is -0.121. The third kappa shape index (κ3) is 4.37. The van der Waals surface area contributed by atoms with Gasteiger partial charge in [0.15, 0.2) is 4.80 Å². The number of benzene rings is 1. The van der Waals surface area contributed by atoms with Gasteiger partial charge in [-0.1, -0.05) is 11.3 Å². The number of hydrogen-bond acceptors (Lipinski definition) is 5. The molecule has 0 saturated carbocycles. The van der Waals surface area contributed by atoms with Crippen molar-refractivity contribution in [1.82, 2.24) is 8.87 Å². The number of amides is 1. The molecule has 1 aliphatic rings. The average molecular weight is 426 g/mol. The van der Waals surface area contributed by atoms with Crippen molar-refractivity contribution in [2.75, 3.05) is 26.0 Å². The van der Waals surface area contributed by atoms with Gasteiger partial charge in [-0.25, -0.2) is 8.42 Å². The van der Waals surface area contributed by atoms with E-state index >= 15 is 0 Å². The van der Waals surface area contributed by atoms with E-state index in [1.54, 1.807) is 0 Å². The fourth-order valence-electron chi connectivity index (χ4n) is 3.48. The Hall–Kier alpha value is -1.55. The summed E-state index contributed by atoms with van der Waals surface area (Å²) in [5.41, 5.74) is 3.38. The Labute approximate surface area is 169 Å². The summed E-state index contributed by atoms with van der Waals surface area (Å²) in [5.74, 6) is -0.395. The minimum Gasteiger partial charge on any atom is -0.380 e. The molecular weight excluding hydrogens is 398 g/mol. The Morgan fingerprint density at radius 1 is 1.32 bits per heavy atom. The van der Waals surface area contributed by atoms with Gasteiger partial charge in [-0.05, 0) is 56.9 Å². The molecule has 7 nitrogen and oxygen atoms in total. The van der Waals surface area contributed by atoms with Gasteiger partial charge < -0.3 is 9.30 Å². The van der Waals surface area contributed by atoms with Crippen LogP contribution in [0.5, 0.6) is 0 Å². The molecule has 0 aliphatic carbocycles. The zero-order valence-corrected chi connectivity index (χ0v) is 18.4. The van der Waals surface area contributed by atoms with Crippen molar-refractivity contribution in [2.45, 2.75) is 46.2 Å². The van der Waals surface area contributed by atoms with Gasteiger partial charge in [0.05, 0.1) is 23.1 Å². The minimum absolute atomic E-state index is 0.375. The van der Waals surface area contributed by atoms with Crippen molar-refractivity contribution in [3.8, 4) is 0 Å². The van der Waals surface area contributed by atoms with E-state index in [0.717, 1.165) is 16.5 Å². The summed E-state index contributed by atoms with van der Waals surface area (Å²) in [6.45, 7) is 8.17. The van der Waals surface area contributed by atoms with E-state index < -0.39 is 22.0 Å². The summed E-state index contributed by atoms with van der Waals surface area (Å²) in [5, 5.41) is 0. The molecule has 1 aromatic carbocycles. The Balaban J connectivity index is 2.05. The largest absolute Gasteiger partial charge is 0.380 e. The number of carbonyl (C=O) groups excluding carboxylic acids is 1. The molecule has 1 aromatic heterocycles. The van der Waals surface area contributed by atoms with Crippen LogP contribution in [0.4, 0.5) is 0 Å². The van der Waals surface area contributed by atoms with Gasteiger partial charge in [-0.15, -0.1) is 0 Å². The summed E-state index contributed by atoms with van der Waals surface area (Å²) in [7, 11) is -3.42. The second-order valence-electron chi connectivity index (χ2n) is 7.12. The topological polar surface area (TPSA) is 81.0 Å². The van der Waals surface area contributed by atoms with Gasteiger partial charge in [0.25, 0.3) is 5.91 Å². The summed E-state index contributed by atoms with van der Waals surface area (Å²) in [6, 6.07) is 3.51. The molecule has 1 saturated heterocycles. The minimum atomic E-state index is -3.42. The quantitative estimate of drug-likeness (QED) is 0.665. The molecule has 2 aromatic rings. The predicted octanol–water partition coefficient (Wildman–Crippen LogP) is 2.21. The number of aryl methyl sites for hydroxylation is 2. The number of nitrogens with zero attached hydrogens (tertiary/aromatic N) is 3. The molecule has 1 atom stereocenters. The van der Waals surface area contributed by atoms with Crippen LogP contribution in [0.3, 0.4) is 0 Å². The molecule has 1 aliphatic heterocycles. The number of aromatic nitrogens is 1. The number of hydrogen-bond donors (Lipinski definition) is 0. The lowest BCUT2D eigenvalue weighted by Crippen LogP contribution is -2.40. The molecule has 1 unspecified atom stereocenters. The van der Waals surface area contributed by atoms with Crippen LogP contribution in [0.15, 0.2) is 17.1 Å². The van der Waals surface area contributed by atoms with Crippen LogP contribution in [0.2, 0.25) is 0 Å². The molecule has 1 fully saturated rings. The summed E-state index contributed by atoms with van der Waals surface area (Å²) >= 11 is 1.45. The molecule has 3 rings (SSSR count). The predicted molar refractivity (Wildman–Crippen MR) is 111 cm³/mol. The maximum Gasteiger partial charge on any atom is 0.266 e. The maximum absolute atomic E-state index is 12.9.